The van der Waals surface area contributed by atoms with E-state index in [1.54, 1.807) is 18.2 Å². The summed E-state index contributed by atoms with van der Waals surface area (Å²) in [7, 11) is 0. The van der Waals surface area contributed by atoms with Gasteiger partial charge in [0, 0.05) is 12.1 Å². The van der Waals surface area contributed by atoms with E-state index in [9.17, 15) is 9.18 Å². The molecule has 1 aromatic carbocycles. The van der Waals surface area contributed by atoms with Crippen LogP contribution in [0.4, 0.5) is 4.39 Å². The molecule has 0 aromatic heterocycles. The minimum atomic E-state index is -0.269. The maximum absolute atomic E-state index is 13.4. The highest BCUT2D eigenvalue weighted by molar-refractivity contribution is 5.78. The van der Waals surface area contributed by atoms with Crippen LogP contribution in [-0.4, -0.2) is 30.4 Å². The lowest BCUT2D eigenvalue weighted by atomic mass is 9.99. The fourth-order valence-corrected chi connectivity index (χ4v) is 2.31. The van der Waals surface area contributed by atoms with Gasteiger partial charge in [0.05, 0.1) is 6.54 Å². The minimum Gasteiger partial charge on any atom is -0.351 e. The van der Waals surface area contributed by atoms with Gasteiger partial charge in [-0.05, 0) is 37.9 Å². The predicted molar refractivity (Wildman–Crippen MR) is 73.1 cm³/mol. The number of likely N-dealkylation sites (tertiary alicyclic amines) is 1. The van der Waals surface area contributed by atoms with E-state index in [1.807, 2.05) is 0 Å². The summed E-state index contributed by atoms with van der Waals surface area (Å²) in [6.45, 7) is 4.88. The smallest absolute Gasteiger partial charge is 0.234 e. The second-order valence-corrected chi connectivity index (χ2v) is 5.33. The molecule has 1 amide bonds. The largest absolute Gasteiger partial charge is 0.351 e. The molecule has 0 saturated carbocycles. The summed E-state index contributed by atoms with van der Waals surface area (Å²) >= 11 is 0. The molecule has 1 heterocycles. The number of carbonyl (C=O) groups is 1. The molecule has 1 aromatic rings. The van der Waals surface area contributed by atoms with E-state index in [0.717, 1.165) is 31.8 Å². The first-order chi connectivity index (χ1) is 9.15. The van der Waals surface area contributed by atoms with E-state index in [-0.39, 0.29) is 18.3 Å². The van der Waals surface area contributed by atoms with Crippen molar-refractivity contribution in [1.29, 1.82) is 0 Å². The molecule has 1 aliphatic rings. The molecule has 1 saturated heterocycles. The lowest BCUT2D eigenvalue weighted by molar-refractivity contribution is -0.122. The van der Waals surface area contributed by atoms with Crippen LogP contribution in [0.1, 0.15) is 25.3 Å². The van der Waals surface area contributed by atoms with Crippen LogP contribution < -0.4 is 5.32 Å². The average Bonchev–Trinajstić information content (AvgIpc) is 2.40. The second kappa shape index (κ2) is 6.66. The van der Waals surface area contributed by atoms with Gasteiger partial charge in [-0.3, -0.25) is 9.69 Å². The van der Waals surface area contributed by atoms with Crippen LogP contribution in [0.2, 0.25) is 0 Å². The molecule has 0 atom stereocenters. The van der Waals surface area contributed by atoms with Crippen molar-refractivity contribution in [2.45, 2.75) is 26.3 Å². The van der Waals surface area contributed by atoms with Crippen LogP contribution in [-0.2, 0) is 11.3 Å². The summed E-state index contributed by atoms with van der Waals surface area (Å²) in [5.74, 6) is 0.463. The quantitative estimate of drug-likeness (QED) is 0.904. The lowest BCUT2D eigenvalue weighted by Gasteiger charge is -2.29. The normalized spacial score (nSPS) is 17.4. The maximum Gasteiger partial charge on any atom is 0.234 e. The zero-order valence-electron chi connectivity index (χ0n) is 11.4. The third-order valence-corrected chi connectivity index (χ3v) is 3.68. The van der Waals surface area contributed by atoms with Crippen molar-refractivity contribution in [3.05, 3.63) is 35.6 Å². The van der Waals surface area contributed by atoms with Gasteiger partial charge in [0.25, 0.3) is 0 Å². The van der Waals surface area contributed by atoms with Crippen LogP contribution in [0.15, 0.2) is 24.3 Å². The van der Waals surface area contributed by atoms with Crippen molar-refractivity contribution in [3.63, 3.8) is 0 Å². The molecule has 2 rings (SSSR count). The molecule has 0 unspecified atom stereocenters. The molecule has 1 aliphatic heterocycles. The Bertz CT molecular complexity index is 428. The summed E-state index contributed by atoms with van der Waals surface area (Å²) in [5, 5.41) is 2.78. The average molecular weight is 264 g/mol. The molecule has 1 fully saturated rings. The Balaban J connectivity index is 1.74. The molecular weight excluding hydrogens is 243 g/mol. The van der Waals surface area contributed by atoms with Crippen LogP contribution >= 0.6 is 0 Å². The molecule has 0 radical (unpaired) electrons. The third kappa shape index (κ3) is 4.31. The molecule has 104 valence electrons. The van der Waals surface area contributed by atoms with Gasteiger partial charge < -0.3 is 5.32 Å². The Hall–Kier alpha value is -1.42. The number of hydrogen-bond acceptors (Lipinski definition) is 2. The number of nitrogens with one attached hydrogen (secondary N) is 1. The molecule has 1 N–H and O–H groups in total. The molecule has 4 heteroatoms. The van der Waals surface area contributed by atoms with E-state index in [2.05, 4.69) is 17.1 Å². The first kappa shape index (κ1) is 14.0. The van der Waals surface area contributed by atoms with Gasteiger partial charge in [-0.25, -0.2) is 4.39 Å². The Labute approximate surface area is 113 Å². The Kier molecular flexibility index (Phi) is 4.91. The number of amides is 1. The highest BCUT2D eigenvalue weighted by atomic mass is 19.1. The Morgan fingerprint density at radius 1 is 1.37 bits per heavy atom. The number of benzene rings is 1. The lowest BCUT2D eigenvalue weighted by Crippen LogP contribution is -2.41. The topological polar surface area (TPSA) is 32.3 Å². The van der Waals surface area contributed by atoms with Gasteiger partial charge in [0.2, 0.25) is 5.91 Å². The van der Waals surface area contributed by atoms with Crippen LogP contribution in [0.3, 0.4) is 0 Å². The van der Waals surface area contributed by atoms with Crippen molar-refractivity contribution in [3.8, 4) is 0 Å². The number of halogens is 1. The van der Waals surface area contributed by atoms with Crippen LogP contribution in [0.25, 0.3) is 0 Å². The first-order valence-corrected chi connectivity index (χ1v) is 6.87. The second-order valence-electron chi connectivity index (χ2n) is 5.33. The van der Waals surface area contributed by atoms with Gasteiger partial charge in [-0.15, -0.1) is 0 Å². The van der Waals surface area contributed by atoms with Gasteiger partial charge in [0.1, 0.15) is 5.82 Å². The number of hydrogen-bond donors (Lipinski definition) is 1. The highest BCUT2D eigenvalue weighted by Gasteiger charge is 2.17. The van der Waals surface area contributed by atoms with Crippen molar-refractivity contribution in [1.82, 2.24) is 10.2 Å². The number of carbonyl (C=O) groups excluding carboxylic acids is 1. The van der Waals surface area contributed by atoms with E-state index < -0.39 is 0 Å². The summed E-state index contributed by atoms with van der Waals surface area (Å²) in [4.78, 5) is 14.0. The van der Waals surface area contributed by atoms with E-state index in [1.165, 1.54) is 6.07 Å². The van der Waals surface area contributed by atoms with Gasteiger partial charge in [-0.2, -0.15) is 0 Å². The van der Waals surface area contributed by atoms with Crippen molar-refractivity contribution < 1.29 is 9.18 Å². The van der Waals surface area contributed by atoms with Crippen LogP contribution in [0, 0.1) is 11.7 Å². The number of rotatable bonds is 4. The summed E-state index contributed by atoms with van der Waals surface area (Å²) in [6.07, 6.45) is 2.31. The van der Waals surface area contributed by atoms with E-state index in [4.69, 9.17) is 0 Å². The minimum absolute atomic E-state index is 0.0298. The standard InChI is InChI=1S/C15H21FN2O/c1-12-6-8-18(9-7-12)11-15(19)17-10-13-4-2-3-5-14(13)16/h2-5,12H,6-11H2,1H3,(H,17,19). The summed E-state index contributed by atoms with van der Waals surface area (Å²) < 4.78 is 13.4. The predicted octanol–water partition coefficient (Wildman–Crippen LogP) is 2.17. The molecule has 19 heavy (non-hydrogen) atoms. The van der Waals surface area contributed by atoms with E-state index in [0.29, 0.717) is 12.1 Å². The molecule has 0 spiro atoms. The zero-order chi connectivity index (χ0) is 13.7. The first-order valence-electron chi connectivity index (χ1n) is 6.87. The van der Waals surface area contributed by atoms with Crippen LogP contribution in [0.5, 0.6) is 0 Å². The van der Waals surface area contributed by atoms with Gasteiger partial charge >= 0.3 is 0 Å². The SMILES string of the molecule is CC1CCN(CC(=O)NCc2ccccc2F)CC1. The van der Waals surface area contributed by atoms with Crippen molar-refractivity contribution >= 4 is 5.91 Å². The zero-order valence-corrected chi connectivity index (χ0v) is 11.4. The molecule has 3 nitrogen and oxygen atoms in total. The van der Waals surface area contributed by atoms with Gasteiger partial charge in [-0.1, -0.05) is 25.1 Å². The fraction of sp³-hybridized carbons (Fsp3) is 0.533. The maximum atomic E-state index is 13.4. The van der Waals surface area contributed by atoms with Crippen molar-refractivity contribution in [2.24, 2.45) is 5.92 Å². The van der Waals surface area contributed by atoms with Gasteiger partial charge in [0.15, 0.2) is 0 Å². The molecule has 0 bridgehead atoms. The van der Waals surface area contributed by atoms with Crippen molar-refractivity contribution in [2.75, 3.05) is 19.6 Å². The number of nitrogens with zero attached hydrogens (tertiary/aromatic N) is 1. The summed E-state index contributed by atoms with van der Waals surface area (Å²) in [6, 6.07) is 6.53. The monoisotopic (exact) mass is 264 g/mol. The third-order valence-electron chi connectivity index (χ3n) is 3.68. The molecular formula is C15H21FN2O. The molecule has 0 aliphatic carbocycles. The highest BCUT2D eigenvalue weighted by Crippen LogP contribution is 2.15. The Morgan fingerprint density at radius 2 is 2.05 bits per heavy atom. The fourth-order valence-electron chi connectivity index (χ4n) is 2.31. The van der Waals surface area contributed by atoms with E-state index >= 15 is 0 Å². The number of piperidine rings is 1. The summed E-state index contributed by atoms with van der Waals surface area (Å²) in [5.41, 5.74) is 0.531. The Morgan fingerprint density at radius 3 is 2.74 bits per heavy atom.